The van der Waals surface area contributed by atoms with E-state index in [4.69, 9.17) is 15.9 Å². The molecule has 6 nitrogen and oxygen atoms in total. The fourth-order valence-electron chi connectivity index (χ4n) is 2.32. The van der Waals surface area contributed by atoms with E-state index in [1.807, 2.05) is 20.8 Å². The Morgan fingerprint density at radius 3 is 2.68 bits per heavy atom. The maximum atomic E-state index is 7.80. The van der Waals surface area contributed by atoms with Gasteiger partial charge < -0.3 is 15.4 Å². The van der Waals surface area contributed by atoms with Crippen LogP contribution in [0.2, 0.25) is 0 Å². The van der Waals surface area contributed by atoms with E-state index in [2.05, 4.69) is 22.0 Å². The van der Waals surface area contributed by atoms with Crippen molar-refractivity contribution in [3.63, 3.8) is 0 Å². The second-order valence-electron chi connectivity index (χ2n) is 5.17. The van der Waals surface area contributed by atoms with E-state index in [1.165, 1.54) is 0 Å². The first-order chi connectivity index (χ1) is 8.91. The van der Waals surface area contributed by atoms with Crippen LogP contribution in [0.1, 0.15) is 30.7 Å². The Labute approximate surface area is 113 Å². The van der Waals surface area contributed by atoms with Gasteiger partial charge in [0, 0.05) is 6.54 Å². The number of aryl methyl sites for hydroxylation is 1. The average Bonchev–Trinajstić information content (AvgIpc) is 2.35. The number of hydrogen-bond donors (Lipinski definition) is 2. The zero-order valence-corrected chi connectivity index (χ0v) is 11.9. The third-order valence-electron chi connectivity index (χ3n) is 3.59. The number of rotatable bonds is 2. The summed E-state index contributed by atoms with van der Waals surface area (Å²) in [5, 5.41) is 16.2. The first-order valence-corrected chi connectivity index (χ1v) is 6.48. The molecule has 0 amide bonds. The second kappa shape index (κ2) is 5.13. The number of hydrogen-bond acceptors (Lipinski definition) is 5. The predicted molar refractivity (Wildman–Crippen MR) is 74.7 cm³/mol. The lowest BCUT2D eigenvalue weighted by atomic mass is 10.1. The van der Waals surface area contributed by atoms with Crippen LogP contribution in [0.4, 0.5) is 5.82 Å². The number of anilines is 1. The van der Waals surface area contributed by atoms with Crippen LogP contribution in [0.5, 0.6) is 0 Å². The molecule has 1 saturated heterocycles. The number of nitrogens with one attached hydrogen (secondary N) is 1. The summed E-state index contributed by atoms with van der Waals surface area (Å²) in [6, 6.07) is 0.200. The normalized spacial score (nSPS) is 23.5. The van der Waals surface area contributed by atoms with Gasteiger partial charge in [-0.25, -0.2) is 0 Å². The highest BCUT2D eigenvalue weighted by molar-refractivity contribution is 6.01. The standard InChI is InChI=1S/C13H21N5O/c1-7-6-19-8(2)5-18(7)13-11(12(14)15)9(3)10(4)16-17-13/h7-8H,5-6H2,1-4H3,(H3,14,15). The summed E-state index contributed by atoms with van der Waals surface area (Å²) in [5.74, 6) is 0.732. The molecule has 1 aliphatic heterocycles. The van der Waals surface area contributed by atoms with Crippen LogP contribution in [0, 0.1) is 19.3 Å². The Balaban J connectivity index is 2.49. The van der Waals surface area contributed by atoms with Gasteiger partial charge in [0.05, 0.1) is 30.0 Å². The number of aromatic nitrogens is 2. The van der Waals surface area contributed by atoms with Crippen molar-refractivity contribution in [3.8, 4) is 0 Å². The molecule has 104 valence electrons. The van der Waals surface area contributed by atoms with E-state index in [0.29, 0.717) is 18.0 Å². The predicted octanol–water partition coefficient (Wildman–Crippen LogP) is 0.991. The molecular weight excluding hydrogens is 242 g/mol. The molecule has 0 bridgehead atoms. The largest absolute Gasteiger partial charge is 0.384 e. The minimum Gasteiger partial charge on any atom is -0.384 e. The molecule has 0 aliphatic carbocycles. The van der Waals surface area contributed by atoms with Gasteiger partial charge in [0.1, 0.15) is 5.84 Å². The van der Waals surface area contributed by atoms with Gasteiger partial charge in [0.2, 0.25) is 0 Å². The van der Waals surface area contributed by atoms with Crippen molar-refractivity contribution in [3.05, 3.63) is 16.8 Å². The summed E-state index contributed by atoms with van der Waals surface area (Å²) in [6.07, 6.45) is 0.138. The molecule has 0 aromatic carbocycles. The molecule has 3 N–H and O–H groups in total. The van der Waals surface area contributed by atoms with Crippen molar-refractivity contribution in [2.24, 2.45) is 5.73 Å². The molecule has 0 spiro atoms. The number of morpholine rings is 1. The van der Waals surface area contributed by atoms with Crippen LogP contribution < -0.4 is 10.6 Å². The maximum absolute atomic E-state index is 7.80. The van der Waals surface area contributed by atoms with Gasteiger partial charge in [-0.1, -0.05) is 0 Å². The van der Waals surface area contributed by atoms with Crippen molar-refractivity contribution < 1.29 is 4.74 Å². The summed E-state index contributed by atoms with van der Waals surface area (Å²) < 4.78 is 5.62. The summed E-state index contributed by atoms with van der Waals surface area (Å²) in [7, 11) is 0. The Kier molecular flexibility index (Phi) is 3.71. The number of nitrogens with two attached hydrogens (primary N) is 1. The molecule has 0 saturated carbocycles. The molecule has 2 rings (SSSR count). The van der Waals surface area contributed by atoms with Gasteiger partial charge >= 0.3 is 0 Å². The summed E-state index contributed by atoms with van der Waals surface area (Å²) in [5.41, 5.74) is 8.15. The van der Waals surface area contributed by atoms with E-state index in [-0.39, 0.29) is 18.0 Å². The van der Waals surface area contributed by atoms with Crippen LogP contribution in [-0.2, 0) is 4.74 Å². The van der Waals surface area contributed by atoms with Gasteiger partial charge in [0.15, 0.2) is 5.82 Å². The highest BCUT2D eigenvalue weighted by atomic mass is 16.5. The molecule has 1 fully saturated rings. The summed E-state index contributed by atoms with van der Waals surface area (Å²) in [4.78, 5) is 2.13. The molecule has 2 unspecified atom stereocenters. The first-order valence-electron chi connectivity index (χ1n) is 6.48. The minimum absolute atomic E-state index is 0.0387. The van der Waals surface area contributed by atoms with Gasteiger partial charge in [-0.3, -0.25) is 5.41 Å². The third kappa shape index (κ3) is 2.53. The van der Waals surface area contributed by atoms with Crippen LogP contribution in [0.3, 0.4) is 0 Å². The number of ether oxygens (including phenoxy) is 1. The van der Waals surface area contributed by atoms with Crippen molar-refractivity contribution in [1.82, 2.24) is 10.2 Å². The highest BCUT2D eigenvalue weighted by Gasteiger charge is 2.28. The van der Waals surface area contributed by atoms with E-state index in [0.717, 1.165) is 17.8 Å². The van der Waals surface area contributed by atoms with Gasteiger partial charge in [-0.15, -0.1) is 5.10 Å². The van der Waals surface area contributed by atoms with E-state index < -0.39 is 0 Å². The molecule has 6 heteroatoms. The zero-order valence-electron chi connectivity index (χ0n) is 11.9. The SMILES string of the molecule is Cc1nnc(N2CC(C)OCC2C)c(C(=N)N)c1C. The molecule has 1 aliphatic rings. The summed E-state index contributed by atoms with van der Waals surface area (Å²) >= 11 is 0. The fraction of sp³-hybridized carbons (Fsp3) is 0.615. The Morgan fingerprint density at radius 2 is 2.05 bits per heavy atom. The quantitative estimate of drug-likeness (QED) is 0.613. The Bertz CT molecular complexity index is 502. The average molecular weight is 263 g/mol. The second-order valence-corrected chi connectivity index (χ2v) is 5.17. The van der Waals surface area contributed by atoms with E-state index >= 15 is 0 Å². The lowest BCUT2D eigenvalue weighted by Gasteiger charge is -2.38. The minimum atomic E-state index is 0.0387. The van der Waals surface area contributed by atoms with E-state index in [9.17, 15) is 0 Å². The van der Waals surface area contributed by atoms with Gasteiger partial charge in [-0.05, 0) is 33.3 Å². The number of nitrogen functional groups attached to an aromatic ring is 1. The monoisotopic (exact) mass is 263 g/mol. The third-order valence-corrected chi connectivity index (χ3v) is 3.59. The maximum Gasteiger partial charge on any atom is 0.162 e. The van der Waals surface area contributed by atoms with Crippen LogP contribution in [0.15, 0.2) is 0 Å². The van der Waals surface area contributed by atoms with E-state index in [1.54, 1.807) is 0 Å². The van der Waals surface area contributed by atoms with Crippen molar-refractivity contribution in [1.29, 1.82) is 5.41 Å². The lowest BCUT2D eigenvalue weighted by Crippen LogP contribution is -2.48. The Hall–Kier alpha value is -1.69. The smallest absolute Gasteiger partial charge is 0.162 e. The molecule has 0 radical (unpaired) electrons. The molecule has 1 aromatic rings. The number of amidine groups is 1. The molecular formula is C13H21N5O. The van der Waals surface area contributed by atoms with Gasteiger partial charge in [0.25, 0.3) is 0 Å². The van der Waals surface area contributed by atoms with Gasteiger partial charge in [-0.2, -0.15) is 5.10 Å². The molecule has 19 heavy (non-hydrogen) atoms. The fourth-order valence-corrected chi connectivity index (χ4v) is 2.32. The molecule has 2 heterocycles. The summed E-state index contributed by atoms with van der Waals surface area (Å²) in [6.45, 7) is 9.29. The molecule has 1 aromatic heterocycles. The highest BCUT2D eigenvalue weighted by Crippen LogP contribution is 2.26. The van der Waals surface area contributed by atoms with Crippen LogP contribution in [0.25, 0.3) is 0 Å². The van der Waals surface area contributed by atoms with Crippen molar-refractivity contribution in [2.75, 3.05) is 18.1 Å². The van der Waals surface area contributed by atoms with Crippen molar-refractivity contribution >= 4 is 11.7 Å². The topological polar surface area (TPSA) is 88.1 Å². The number of nitrogens with zero attached hydrogens (tertiary/aromatic N) is 3. The zero-order chi connectivity index (χ0) is 14.2. The van der Waals surface area contributed by atoms with Crippen molar-refractivity contribution in [2.45, 2.75) is 39.8 Å². The van der Waals surface area contributed by atoms with Crippen LogP contribution in [-0.4, -0.2) is 41.3 Å². The molecule has 2 atom stereocenters. The first kappa shape index (κ1) is 13.7. The Morgan fingerprint density at radius 1 is 1.37 bits per heavy atom. The lowest BCUT2D eigenvalue weighted by molar-refractivity contribution is 0.0339. The van der Waals surface area contributed by atoms with Crippen LogP contribution >= 0.6 is 0 Å².